The van der Waals surface area contributed by atoms with Crippen LogP contribution in [0.5, 0.6) is 5.75 Å². The third-order valence-corrected chi connectivity index (χ3v) is 9.44. The fourth-order valence-corrected chi connectivity index (χ4v) is 6.95. The summed E-state index contributed by atoms with van der Waals surface area (Å²) in [5.41, 5.74) is 3.06. The van der Waals surface area contributed by atoms with E-state index in [1.807, 2.05) is 55.5 Å². The Labute approximate surface area is 270 Å². The molecule has 8 heteroatoms. The van der Waals surface area contributed by atoms with E-state index < -0.39 is 4.92 Å². The summed E-state index contributed by atoms with van der Waals surface area (Å²) in [6.07, 6.45) is 12.6. The number of hydrogen-bond acceptors (Lipinski definition) is 5. The molecule has 45 heavy (non-hydrogen) atoms. The maximum Gasteiger partial charge on any atom is 0.297 e. The average molecular weight is 669 g/mol. The molecule has 4 aromatic carbocycles. The second-order valence-electron chi connectivity index (χ2n) is 12.1. The summed E-state index contributed by atoms with van der Waals surface area (Å²) in [5, 5.41) is 15.4. The van der Waals surface area contributed by atoms with Gasteiger partial charge in [0.15, 0.2) is 5.52 Å². The van der Waals surface area contributed by atoms with Crippen molar-refractivity contribution in [3.63, 3.8) is 0 Å². The molecule has 2 heterocycles. The van der Waals surface area contributed by atoms with E-state index in [0.717, 1.165) is 50.3 Å². The Morgan fingerprint density at radius 1 is 0.844 bits per heavy atom. The third kappa shape index (κ3) is 6.25. The molecule has 6 rings (SSSR count). The molecule has 0 radical (unpaired) electrons. The largest absolute Gasteiger partial charge is 0.494 e. The minimum atomic E-state index is -0.419. The lowest BCUT2D eigenvalue weighted by Gasteiger charge is -2.11. The van der Waals surface area contributed by atoms with Gasteiger partial charge in [-0.3, -0.25) is 19.3 Å². The molecule has 0 amide bonds. The van der Waals surface area contributed by atoms with Gasteiger partial charge < -0.3 is 4.74 Å². The zero-order valence-corrected chi connectivity index (χ0v) is 27.5. The summed E-state index contributed by atoms with van der Waals surface area (Å²) in [4.78, 5) is 30.6. The number of aromatic nitrogens is 2. The molecule has 2 aromatic heterocycles. The number of halogens is 1. The number of ether oxygens (including phenoxy) is 1. The van der Waals surface area contributed by atoms with Crippen molar-refractivity contribution in [3.05, 3.63) is 91.2 Å². The van der Waals surface area contributed by atoms with Crippen LogP contribution >= 0.6 is 15.9 Å². The number of aryl methyl sites for hydroxylation is 1. The van der Waals surface area contributed by atoms with Gasteiger partial charge in [0.1, 0.15) is 11.4 Å². The van der Waals surface area contributed by atoms with Gasteiger partial charge in [0.05, 0.1) is 17.0 Å². The number of rotatable bonds is 14. The molecule has 0 bridgehead atoms. The Balaban J connectivity index is 1.29. The molecule has 0 spiro atoms. The average Bonchev–Trinajstić information content (AvgIpc) is 3.42. The molecular formula is C37H38BrN3O4. The number of nitrogens with zero attached hydrogens (tertiary/aromatic N) is 3. The minimum Gasteiger partial charge on any atom is -0.494 e. The molecule has 0 aliphatic rings. The molecule has 7 nitrogen and oxygen atoms in total. The molecule has 6 aromatic rings. The van der Waals surface area contributed by atoms with Crippen LogP contribution in [-0.2, 0) is 0 Å². The Kier molecular flexibility index (Phi) is 9.31. The Morgan fingerprint density at radius 3 is 2.27 bits per heavy atom. The fourth-order valence-electron chi connectivity index (χ4n) is 6.48. The number of benzene rings is 4. The highest BCUT2D eigenvalue weighted by Gasteiger charge is 2.24. The van der Waals surface area contributed by atoms with E-state index in [2.05, 4.69) is 22.9 Å². The van der Waals surface area contributed by atoms with Crippen molar-refractivity contribution in [2.24, 2.45) is 0 Å². The van der Waals surface area contributed by atoms with E-state index in [-0.39, 0.29) is 16.8 Å². The van der Waals surface area contributed by atoms with E-state index >= 15 is 0 Å². The maximum absolute atomic E-state index is 13.9. The third-order valence-electron chi connectivity index (χ3n) is 8.75. The van der Waals surface area contributed by atoms with Gasteiger partial charge in [-0.25, -0.2) is 4.98 Å². The summed E-state index contributed by atoms with van der Waals surface area (Å²) >= 11 is 3.59. The quantitative estimate of drug-likeness (QED) is 0.0655. The second-order valence-corrected chi connectivity index (χ2v) is 12.9. The highest BCUT2D eigenvalue weighted by molar-refractivity contribution is 9.10. The van der Waals surface area contributed by atoms with Crippen LogP contribution in [0.4, 0.5) is 5.69 Å². The summed E-state index contributed by atoms with van der Waals surface area (Å²) in [7, 11) is 0. The Hall–Kier alpha value is -4.04. The Morgan fingerprint density at radius 2 is 1.53 bits per heavy atom. The molecule has 0 aliphatic carbocycles. The van der Waals surface area contributed by atoms with Gasteiger partial charge in [0, 0.05) is 26.7 Å². The van der Waals surface area contributed by atoms with Crippen LogP contribution in [0, 0.1) is 17.0 Å². The number of pyridine rings is 1. The van der Waals surface area contributed by atoms with Crippen LogP contribution in [0.2, 0.25) is 0 Å². The number of nitro groups is 1. The zero-order chi connectivity index (χ0) is 31.5. The standard InChI is InChI=1S/C37H38BrN3O4/c1-3-4-5-6-7-8-9-10-11-12-18-45-27-20-24(2)19-25(21-27)26-22-32-35(33(23-26)41(43)44)39-36-29-16-17-31(38)28-14-13-15-30(34(28)29)37(42)40(32)36/h13-17,19-23H,3-12,18H2,1-2H3. The van der Waals surface area contributed by atoms with Crippen molar-refractivity contribution in [3.8, 4) is 16.9 Å². The lowest BCUT2D eigenvalue weighted by Crippen LogP contribution is -2.13. The molecule has 0 saturated heterocycles. The van der Waals surface area contributed by atoms with Crippen molar-refractivity contribution in [1.82, 2.24) is 9.38 Å². The van der Waals surface area contributed by atoms with E-state index in [1.165, 1.54) is 55.8 Å². The van der Waals surface area contributed by atoms with Gasteiger partial charge in [-0.05, 0) is 71.8 Å². The first-order valence-electron chi connectivity index (χ1n) is 16.1. The summed E-state index contributed by atoms with van der Waals surface area (Å²) in [5.74, 6) is 0.737. The summed E-state index contributed by atoms with van der Waals surface area (Å²) < 4.78 is 8.55. The molecular weight excluding hydrogens is 630 g/mol. The number of fused-ring (bicyclic) bond motifs is 4. The molecule has 232 valence electrons. The predicted octanol–water partition coefficient (Wildman–Crippen LogP) is 10.5. The number of nitro benzene ring substituents is 1. The van der Waals surface area contributed by atoms with Crippen LogP contribution < -0.4 is 10.3 Å². The number of unbranched alkanes of at least 4 members (excludes halogenated alkanes) is 9. The fraction of sp³-hybridized carbons (Fsp3) is 0.351. The van der Waals surface area contributed by atoms with Crippen molar-refractivity contribution in [2.45, 2.75) is 78.1 Å². The van der Waals surface area contributed by atoms with Crippen LogP contribution in [0.3, 0.4) is 0 Å². The van der Waals surface area contributed by atoms with E-state index in [0.29, 0.717) is 28.7 Å². The van der Waals surface area contributed by atoms with Gasteiger partial charge in [-0.2, -0.15) is 0 Å². The molecule has 0 unspecified atom stereocenters. The van der Waals surface area contributed by atoms with Crippen LogP contribution in [0.25, 0.3) is 49.4 Å². The number of non-ortho nitro benzene ring substituents is 1. The first-order valence-corrected chi connectivity index (χ1v) is 16.9. The lowest BCUT2D eigenvalue weighted by atomic mass is 10.0. The second kappa shape index (κ2) is 13.5. The minimum absolute atomic E-state index is 0.135. The van der Waals surface area contributed by atoms with Crippen molar-refractivity contribution < 1.29 is 9.66 Å². The summed E-state index contributed by atoms with van der Waals surface area (Å²) in [6, 6.07) is 18.7. The first kappa shape index (κ1) is 31.0. The van der Waals surface area contributed by atoms with Gasteiger partial charge in [-0.15, -0.1) is 0 Å². The smallest absolute Gasteiger partial charge is 0.297 e. The molecule has 0 fully saturated rings. The van der Waals surface area contributed by atoms with E-state index in [1.54, 1.807) is 12.1 Å². The monoisotopic (exact) mass is 667 g/mol. The van der Waals surface area contributed by atoms with Crippen molar-refractivity contribution in [2.75, 3.05) is 6.61 Å². The van der Waals surface area contributed by atoms with Crippen LogP contribution in [-0.4, -0.2) is 20.9 Å². The topological polar surface area (TPSA) is 86.7 Å². The Bertz CT molecular complexity index is 2070. The van der Waals surface area contributed by atoms with Gasteiger partial charge in [-0.1, -0.05) is 98.8 Å². The SMILES string of the molecule is CCCCCCCCCCCCOc1cc(C)cc(-c2cc([N+](=O)[O-])c3nc4c5ccc(Br)c6cccc(c(=O)n4c3c2)c65)c1. The number of hydrogen-bond donors (Lipinski definition) is 0. The van der Waals surface area contributed by atoms with Crippen LogP contribution in [0.1, 0.15) is 76.7 Å². The van der Waals surface area contributed by atoms with Gasteiger partial charge >= 0.3 is 0 Å². The van der Waals surface area contributed by atoms with Crippen molar-refractivity contribution in [1.29, 1.82) is 0 Å². The highest BCUT2D eigenvalue weighted by Crippen LogP contribution is 2.38. The lowest BCUT2D eigenvalue weighted by molar-refractivity contribution is -0.383. The predicted molar refractivity (Wildman–Crippen MR) is 187 cm³/mol. The first-order chi connectivity index (χ1) is 21.9. The molecule has 0 saturated carbocycles. The van der Waals surface area contributed by atoms with Gasteiger partial charge in [0.25, 0.3) is 11.2 Å². The van der Waals surface area contributed by atoms with E-state index in [9.17, 15) is 14.9 Å². The maximum atomic E-state index is 13.9. The molecule has 0 N–H and O–H groups in total. The normalized spacial score (nSPS) is 11.8. The highest BCUT2D eigenvalue weighted by atomic mass is 79.9. The zero-order valence-electron chi connectivity index (χ0n) is 25.9. The number of imidazole rings is 1. The van der Waals surface area contributed by atoms with Crippen LogP contribution in [0.15, 0.2) is 69.9 Å². The summed E-state index contributed by atoms with van der Waals surface area (Å²) in [6.45, 7) is 4.87. The van der Waals surface area contributed by atoms with E-state index in [4.69, 9.17) is 9.72 Å². The molecule has 0 aliphatic heterocycles. The van der Waals surface area contributed by atoms with Crippen molar-refractivity contribution >= 4 is 59.8 Å². The molecule has 0 atom stereocenters. The van der Waals surface area contributed by atoms with Gasteiger partial charge in [0.2, 0.25) is 0 Å².